The minimum atomic E-state index is -0.217. The fraction of sp³-hybridized carbons (Fsp3) is 0.500. The number of pyridine rings is 1. The molecular weight excluding hydrogens is 398 g/mol. The number of hydrogen-bond acceptors (Lipinski definition) is 5. The monoisotopic (exact) mass is 421 g/mol. The number of halogens is 1. The molecule has 140 valence electrons. The van der Waals surface area contributed by atoms with Gasteiger partial charge in [-0.2, -0.15) is 5.10 Å². The highest BCUT2D eigenvalue weighted by Crippen LogP contribution is 2.25. The van der Waals surface area contributed by atoms with Gasteiger partial charge in [0, 0.05) is 25.8 Å². The van der Waals surface area contributed by atoms with Crippen LogP contribution in [0.3, 0.4) is 0 Å². The minimum Gasteiger partial charge on any atom is -0.375 e. The van der Waals surface area contributed by atoms with Crippen molar-refractivity contribution < 1.29 is 9.53 Å². The molecule has 1 aliphatic heterocycles. The van der Waals surface area contributed by atoms with Gasteiger partial charge in [0.05, 0.1) is 22.9 Å². The molecule has 1 aliphatic rings. The lowest BCUT2D eigenvalue weighted by Crippen LogP contribution is -2.41. The lowest BCUT2D eigenvalue weighted by Gasteiger charge is -2.32. The zero-order valence-corrected chi connectivity index (χ0v) is 16.8. The highest BCUT2D eigenvalue weighted by Gasteiger charge is 2.20. The van der Waals surface area contributed by atoms with Crippen molar-refractivity contribution >= 4 is 27.7 Å². The van der Waals surface area contributed by atoms with E-state index in [-0.39, 0.29) is 17.9 Å². The van der Waals surface area contributed by atoms with Crippen LogP contribution in [0.4, 0.5) is 5.82 Å². The van der Waals surface area contributed by atoms with E-state index in [0.29, 0.717) is 12.2 Å². The number of carbonyl (C=O) groups is 1. The van der Waals surface area contributed by atoms with Gasteiger partial charge in [0.25, 0.3) is 5.91 Å². The van der Waals surface area contributed by atoms with Gasteiger partial charge < -0.3 is 15.0 Å². The third-order valence-electron chi connectivity index (χ3n) is 4.35. The molecule has 0 aromatic carbocycles. The zero-order valence-electron chi connectivity index (χ0n) is 15.3. The molecule has 7 nitrogen and oxygen atoms in total. The number of H-pyrrole nitrogens is 1. The topological polar surface area (TPSA) is 83.1 Å². The average molecular weight is 422 g/mol. The van der Waals surface area contributed by atoms with E-state index < -0.39 is 0 Å². The van der Waals surface area contributed by atoms with E-state index in [0.717, 1.165) is 41.2 Å². The van der Waals surface area contributed by atoms with Crippen LogP contribution in [-0.4, -0.2) is 46.9 Å². The molecule has 1 fully saturated rings. The van der Waals surface area contributed by atoms with Crippen molar-refractivity contribution in [3.63, 3.8) is 0 Å². The van der Waals surface area contributed by atoms with Gasteiger partial charge in [-0.25, -0.2) is 4.98 Å². The van der Waals surface area contributed by atoms with Crippen molar-refractivity contribution in [2.45, 2.75) is 39.3 Å². The number of aromatic amines is 1. The van der Waals surface area contributed by atoms with Crippen molar-refractivity contribution in [3.05, 3.63) is 39.8 Å². The van der Waals surface area contributed by atoms with Crippen molar-refractivity contribution in [2.24, 2.45) is 0 Å². The Labute approximate surface area is 161 Å². The van der Waals surface area contributed by atoms with Crippen molar-refractivity contribution in [2.75, 3.05) is 24.6 Å². The lowest BCUT2D eigenvalue weighted by atomic mass is 10.1. The van der Waals surface area contributed by atoms with E-state index in [1.165, 1.54) is 0 Å². The van der Waals surface area contributed by atoms with Crippen molar-refractivity contribution in [1.29, 1.82) is 0 Å². The molecule has 0 radical (unpaired) electrons. The third-order valence-corrected chi connectivity index (χ3v) is 5.15. The van der Waals surface area contributed by atoms with Gasteiger partial charge in [0.15, 0.2) is 5.69 Å². The van der Waals surface area contributed by atoms with Crippen LogP contribution in [-0.2, 0) is 11.3 Å². The second-order valence-electron chi connectivity index (χ2n) is 6.79. The summed E-state index contributed by atoms with van der Waals surface area (Å²) in [7, 11) is 0. The number of anilines is 1. The van der Waals surface area contributed by atoms with Crippen LogP contribution >= 0.6 is 15.9 Å². The number of rotatable bonds is 5. The largest absolute Gasteiger partial charge is 0.375 e. The van der Waals surface area contributed by atoms with Crippen molar-refractivity contribution in [1.82, 2.24) is 20.5 Å². The van der Waals surface area contributed by atoms with Gasteiger partial charge in [-0.3, -0.25) is 9.89 Å². The number of nitrogens with zero attached hydrogens (tertiary/aromatic N) is 3. The molecule has 0 saturated carbocycles. The Morgan fingerprint density at radius 1 is 1.50 bits per heavy atom. The zero-order chi connectivity index (χ0) is 18.7. The molecule has 3 heterocycles. The van der Waals surface area contributed by atoms with Gasteiger partial charge >= 0.3 is 0 Å². The molecule has 1 saturated heterocycles. The summed E-state index contributed by atoms with van der Waals surface area (Å²) >= 11 is 3.45. The maximum absolute atomic E-state index is 12.4. The molecule has 2 N–H and O–H groups in total. The van der Waals surface area contributed by atoms with Crippen LogP contribution in [0.5, 0.6) is 0 Å². The SMILES string of the molecule is CC1CN(c2ccc(CNC(=O)c3n[nH]c(C(C)C)c3Br)cn2)CCO1. The maximum atomic E-state index is 12.4. The fourth-order valence-electron chi connectivity index (χ4n) is 2.88. The summed E-state index contributed by atoms with van der Waals surface area (Å²) in [4.78, 5) is 19.1. The predicted octanol–water partition coefficient (Wildman–Crippen LogP) is 2.85. The Morgan fingerprint density at radius 3 is 2.92 bits per heavy atom. The standard InChI is InChI=1S/C18H24BrN5O2/c1-11(2)16-15(19)17(23-22-16)18(25)21-9-13-4-5-14(20-8-13)24-6-7-26-12(3)10-24/h4-5,8,11-12H,6-7,9-10H2,1-3H3,(H,21,25)(H,22,23). The third kappa shape index (κ3) is 4.24. The van der Waals surface area contributed by atoms with E-state index >= 15 is 0 Å². The first-order valence-electron chi connectivity index (χ1n) is 8.79. The molecule has 0 bridgehead atoms. The summed E-state index contributed by atoms with van der Waals surface area (Å²) in [6.45, 7) is 8.96. The van der Waals surface area contributed by atoms with E-state index in [4.69, 9.17) is 4.74 Å². The molecule has 8 heteroatoms. The Kier molecular flexibility index (Phi) is 5.93. The van der Waals surface area contributed by atoms with Gasteiger partial charge in [-0.05, 0) is 40.4 Å². The Morgan fingerprint density at radius 2 is 2.31 bits per heavy atom. The average Bonchev–Trinajstić information content (AvgIpc) is 3.02. The van der Waals surface area contributed by atoms with E-state index in [9.17, 15) is 4.79 Å². The van der Waals surface area contributed by atoms with Crippen LogP contribution in [0.2, 0.25) is 0 Å². The van der Waals surface area contributed by atoms with E-state index in [1.807, 2.05) is 26.0 Å². The number of aromatic nitrogens is 3. The minimum absolute atomic E-state index is 0.215. The summed E-state index contributed by atoms with van der Waals surface area (Å²) in [5, 5.41) is 9.92. The lowest BCUT2D eigenvalue weighted by molar-refractivity contribution is 0.0529. The van der Waals surface area contributed by atoms with Crippen LogP contribution in [0.25, 0.3) is 0 Å². The number of carbonyl (C=O) groups excluding carboxylic acids is 1. The Balaban J connectivity index is 1.59. The first kappa shape index (κ1) is 18.8. The van der Waals surface area contributed by atoms with Gasteiger partial charge in [-0.1, -0.05) is 19.9 Å². The Hall–Kier alpha value is -1.93. The second kappa shape index (κ2) is 8.18. The molecule has 2 aromatic heterocycles. The fourth-order valence-corrected chi connectivity index (χ4v) is 3.69. The maximum Gasteiger partial charge on any atom is 0.273 e. The molecular formula is C18H24BrN5O2. The highest BCUT2D eigenvalue weighted by molar-refractivity contribution is 9.10. The first-order valence-corrected chi connectivity index (χ1v) is 9.58. The molecule has 26 heavy (non-hydrogen) atoms. The van der Waals surface area contributed by atoms with Gasteiger partial charge in [-0.15, -0.1) is 0 Å². The normalized spacial score (nSPS) is 17.6. The first-order chi connectivity index (χ1) is 12.5. The quantitative estimate of drug-likeness (QED) is 0.775. The molecule has 1 amide bonds. The second-order valence-corrected chi connectivity index (χ2v) is 7.58. The molecule has 0 spiro atoms. The number of hydrogen-bond donors (Lipinski definition) is 2. The summed E-state index contributed by atoms with van der Waals surface area (Å²) in [6, 6.07) is 3.97. The van der Waals surface area contributed by atoms with Gasteiger partial charge in [0.2, 0.25) is 0 Å². The molecule has 3 rings (SSSR count). The van der Waals surface area contributed by atoms with Crippen LogP contribution in [0.15, 0.2) is 22.8 Å². The number of ether oxygens (including phenoxy) is 1. The number of amides is 1. The number of morpholine rings is 1. The summed E-state index contributed by atoms with van der Waals surface area (Å²) in [6.07, 6.45) is 2.02. The summed E-state index contributed by atoms with van der Waals surface area (Å²) < 4.78 is 6.28. The van der Waals surface area contributed by atoms with E-state index in [1.54, 1.807) is 6.20 Å². The Bertz CT molecular complexity index is 759. The summed E-state index contributed by atoms with van der Waals surface area (Å²) in [5.74, 6) is 0.982. The van der Waals surface area contributed by atoms with Crippen molar-refractivity contribution in [3.8, 4) is 0 Å². The van der Waals surface area contributed by atoms with Crippen LogP contribution in [0.1, 0.15) is 48.4 Å². The smallest absolute Gasteiger partial charge is 0.273 e. The molecule has 1 atom stereocenters. The molecule has 2 aromatic rings. The number of nitrogens with one attached hydrogen (secondary N) is 2. The van der Waals surface area contributed by atoms with Crippen LogP contribution in [0, 0.1) is 0 Å². The molecule has 0 aliphatic carbocycles. The van der Waals surface area contributed by atoms with Crippen LogP contribution < -0.4 is 10.2 Å². The predicted molar refractivity (Wildman–Crippen MR) is 103 cm³/mol. The summed E-state index contributed by atoms with van der Waals surface area (Å²) in [5.41, 5.74) is 2.24. The van der Waals surface area contributed by atoms with Gasteiger partial charge in [0.1, 0.15) is 5.82 Å². The van der Waals surface area contributed by atoms with E-state index in [2.05, 4.69) is 48.3 Å². The molecule has 1 unspecified atom stereocenters. The highest BCUT2D eigenvalue weighted by atomic mass is 79.9.